The Balaban J connectivity index is 1.53. The fourth-order valence-electron chi connectivity index (χ4n) is 4.59. The van der Waals surface area contributed by atoms with E-state index in [1.54, 1.807) is 0 Å². The Morgan fingerprint density at radius 1 is 0.792 bits per heavy atom. The predicted molar refractivity (Wildman–Crippen MR) is 105 cm³/mol. The van der Waals surface area contributed by atoms with Crippen LogP contribution in [-0.2, 0) is 4.74 Å². The summed E-state index contributed by atoms with van der Waals surface area (Å²) in [6, 6.07) is 0. The van der Waals surface area contributed by atoms with Gasteiger partial charge in [-0.25, -0.2) is 0 Å². The second-order valence-electron chi connectivity index (χ2n) is 8.27. The van der Waals surface area contributed by atoms with Crippen LogP contribution in [0.2, 0.25) is 0 Å². The van der Waals surface area contributed by atoms with Crippen molar-refractivity contribution in [2.45, 2.75) is 103 Å². The molecule has 1 heteroatoms. The molecule has 2 aliphatic carbocycles. The molecule has 0 aromatic rings. The van der Waals surface area contributed by atoms with Crippen molar-refractivity contribution < 1.29 is 4.74 Å². The minimum Gasteiger partial charge on any atom is -0.498 e. The molecule has 2 saturated carbocycles. The van der Waals surface area contributed by atoms with Crippen LogP contribution < -0.4 is 0 Å². The molecule has 0 aliphatic heterocycles. The highest BCUT2D eigenvalue weighted by Gasteiger charge is 2.24. The van der Waals surface area contributed by atoms with Gasteiger partial charge in [-0.15, -0.1) is 6.58 Å². The highest BCUT2D eigenvalue weighted by Crippen LogP contribution is 2.37. The molecule has 2 fully saturated rings. The molecule has 0 saturated heterocycles. The maximum Gasteiger partial charge on any atom is 0.0978 e. The van der Waals surface area contributed by atoms with Gasteiger partial charge >= 0.3 is 0 Å². The average molecular weight is 333 g/mol. The lowest BCUT2D eigenvalue weighted by Gasteiger charge is -2.31. The normalized spacial score (nSPS) is 31.2. The number of unbranched alkanes of at least 4 members (excludes halogenated alkanes) is 1. The van der Waals surface area contributed by atoms with E-state index in [9.17, 15) is 0 Å². The van der Waals surface area contributed by atoms with Crippen LogP contribution in [0.25, 0.3) is 0 Å². The van der Waals surface area contributed by atoms with Crippen LogP contribution in [0.1, 0.15) is 96.8 Å². The Labute approximate surface area is 150 Å². The first-order valence-electron chi connectivity index (χ1n) is 10.7. The first kappa shape index (κ1) is 19.6. The standard InChI is InChI=1S/C23H40O/c1-3-5-7-19-24-23-17-15-22(16-18-23)14-13-21-11-9-20(10-12-21)8-6-4-2/h4,7,19-23H,2-3,5-6,8-18H2,1H3/b19-7+/t20-,21-,22-,23-. The van der Waals surface area contributed by atoms with Crippen molar-refractivity contribution in [2.24, 2.45) is 17.8 Å². The van der Waals surface area contributed by atoms with E-state index in [2.05, 4.69) is 25.7 Å². The van der Waals surface area contributed by atoms with Gasteiger partial charge in [-0.2, -0.15) is 0 Å². The van der Waals surface area contributed by atoms with Crippen molar-refractivity contribution in [3.8, 4) is 0 Å². The summed E-state index contributed by atoms with van der Waals surface area (Å²) in [7, 11) is 0. The SMILES string of the molecule is C=CCC[C@H]1CC[C@H](CC[C@H]2CC[C@H](O/C=C/CCC)CC2)CC1. The van der Waals surface area contributed by atoms with Gasteiger partial charge in [-0.1, -0.05) is 57.9 Å². The highest BCUT2D eigenvalue weighted by atomic mass is 16.5. The zero-order chi connectivity index (χ0) is 17.0. The molecule has 0 spiro atoms. The van der Waals surface area contributed by atoms with E-state index in [-0.39, 0.29) is 0 Å². The van der Waals surface area contributed by atoms with Crippen LogP contribution in [0.4, 0.5) is 0 Å². The van der Waals surface area contributed by atoms with Crippen LogP contribution in [0.3, 0.4) is 0 Å². The van der Waals surface area contributed by atoms with E-state index in [1.165, 1.54) is 83.5 Å². The maximum absolute atomic E-state index is 5.88. The number of allylic oxidation sites excluding steroid dienone is 2. The molecule has 2 aliphatic rings. The lowest BCUT2D eigenvalue weighted by molar-refractivity contribution is 0.0836. The first-order chi connectivity index (χ1) is 11.8. The number of hydrogen-bond donors (Lipinski definition) is 0. The Hall–Kier alpha value is -0.720. The van der Waals surface area contributed by atoms with Gasteiger partial charge in [0, 0.05) is 0 Å². The smallest absolute Gasteiger partial charge is 0.0978 e. The Morgan fingerprint density at radius 3 is 1.88 bits per heavy atom. The molecule has 0 aromatic carbocycles. The molecule has 1 nitrogen and oxygen atoms in total. The Kier molecular flexibility index (Phi) is 9.61. The third-order valence-corrected chi connectivity index (χ3v) is 6.34. The summed E-state index contributed by atoms with van der Waals surface area (Å²) in [5.74, 6) is 2.99. The van der Waals surface area contributed by atoms with E-state index in [1.807, 2.05) is 6.26 Å². The second-order valence-corrected chi connectivity index (χ2v) is 8.27. The molecule has 0 aromatic heterocycles. The lowest BCUT2D eigenvalue weighted by Crippen LogP contribution is -2.21. The molecule has 0 unspecified atom stereocenters. The monoisotopic (exact) mass is 332 g/mol. The van der Waals surface area contributed by atoms with Gasteiger partial charge in [0.15, 0.2) is 0 Å². The molecule has 0 atom stereocenters. The average Bonchev–Trinajstić information content (AvgIpc) is 2.64. The predicted octanol–water partition coefficient (Wildman–Crippen LogP) is 7.43. The third kappa shape index (κ3) is 7.45. The van der Waals surface area contributed by atoms with E-state index >= 15 is 0 Å². The summed E-state index contributed by atoms with van der Waals surface area (Å²) >= 11 is 0. The summed E-state index contributed by atoms with van der Waals surface area (Å²) in [5.41, 5.74) is 0. The van der Waals surface area contributed by atoms with Crippen molar-refractivity contribution >= 4 is 0 Å². The summed E-state index contributed by atoms with van der Waals surface area (Å²) in [5, 5.41) is 0. The summed E-state index contributed by atoms with van der Waals surface area (Å²) < 4.78 is 5.88. The van der Waals surface area contributed by atoms with Gasteiger partial charge in [0.2, 0.25) is 0 Å². The van der Waals surface area contributed by atoms with E-state index < -0.39 is 0 Å². The molecule has 0 bridgehead atoms. The second kappa shape index (κ2) is 11.8. The zero-order valence-corrected chi connectivity index (χ0v) is 16.1. The van der Waals surface area contributed by atoms with Crippen LogP contribution >= 0.6 is 0 Å². The Morgan fingerprint density at radius 2 is 1.33 bits per heavy atom. The fourth-order valence-corrected chi connectivity index (χ4v) is 4.59. The van der Waals surface area contributed by atoms with Gasteiger partial charge in [-0.05, 0) is 68.8 Å². The Bertz CT molecular complexity index is 343. The number of rotatable bonds is 10. The van der Waals surface area contributed by atoms with Crippen LogP contribution in [0.15, 0.2) is 25.0 Å². The molecule has 24 heavy (non-hydrogen) atoms. The quantitative estimate of drug-likeness (QED) is 0.298. The third-order valence-electron chi connectivity index (χ3n) is 6.34. The minimum atomic E-state index is 0.495. The summed E-state index contributed by atoms with van der Waals surface area (Å²) in [6.45, 7) is 6.07. The molecule has 0 radical (unpaired) electrons. The first-order valence-corrected chi connectivity index (χ1v) is 10.7. The van der Waals surface area contributed by atoms with Crippen molar-refractivity contribution in [1.82, 2.24) is 0 Å². The van der Waals surface area contributed by atoms with Crippen molar-refractivity contribution in [3.05, 3.63) is 25.0 Å². The van der Waals surface area contributed by atoms with Crippen LogP contribution in [0, 0.1) is 17.8 Å². The van der Waals surface area contributed by atoms with Crippen molar-refractivity contribution in [3.63, 3.8) is 0 Å². The minimum absolute atomic E-state index is 0.495. The van der Waals surface area contributed by atoms with E-state index in [0.717, 1.165) is 24.2 Å². The topological polar surface area (TPSA) is 9.23 Å². The van der Waals surface area contributed by atoms with E-state index in [0.29, 0.717) is 6.10 Å². The molecule has 0 amide bonds. The number of hydrogen-bond acceptors (Lipinski definition) is 1. The summed E-state index contributed by atoms with van der Waals surface area (Å²) in [4.78, 5) is 0. The maximum atomic E-state index is 5.88. The molecular weight excluding hydrogens is 292 g/mol. The summed E-state index contributed by atoms with van der Waals surface area (Å²) in [6.07, 6.45) is 25.9. The van der Waals surface area contributed by atoms with Gasteiger partial charge in [0.05, 0.1) is 12.4 Å². The van der Waals surface area contributed by atoms with Gasteiger partial charge in [0.25, 0.3) is 0 Å². The van der Waals surface area contributed by atoms with Gasteiger partial charge < -0.3 is 4.74 Å². The molecule has 0 heterocycles. The van der Waals surface area contributed by atoms with Crippen LogP contribution in [-0.4, -0.2) is 6.10 Å². The molecule has 138 valence electrons. The van der Waals surface area contributed by atoms with Crippen molar-refractivity contribution in [2.75, 3.05) is 0 Å². The highest BCUT2D eigenvalue weighted by molar-refractivity contribution is 4.80. The molecule has 2 rings (SSSR count). The van der Waals surface area contributed by atoms with Crippen molar-refractivity contribution in [1.29, 1.82) is 0 Å². The fraction of sp³-hybridized carbons (Fsp3) is 0.826. The lowest BCUT2D eigenvalue weighted by atomic mass is 9.76. The zero-order valence-electron chi connectivity index (χ0n) is 16.1. The molecular formula is C23H40O. The molecule has 0 N–H and O–H groups in total. The van der Waals surface area contributed by atoms with Crippen LogP contribution in [0.5, 0.6) is 0 Å². The van der Waals surface area contributed by atoms with Gasteiger partial charge in [-0.3, -0.25) is 0 Å². The van der Waals surface area contributed by atoms with E-state index in [4.69, 9.17) is 4.74 Å². The largest absolute Gasteiger partial charge is 0.498 e. The number of ether oxygens (including phenoxy) is 1. The van der Waals surface area contributed by atoms with Gasteiger partial charge in [0.1, 0.15) is 0 Å².